The van der Waals surface area contributed by atoms with Crippen LogP contribution in [-0.4, -0.2) is 9.78 Å². The topological polar surface area (TPSA) is 41.6 Å². The Bertz CT molecular complexity index is 639. The van der Waals surface area contributed by atoms with Gasteiger partial charge in [0.05, 0.1) is 11.4 Å². The van der Waals surface area contributed by atoms with Crippen LogP contribution in [0.2, 0.25) is 5.15 Å². The van der Waals surface area contributed by atoms with E-state index >= 15 is 0 Å². The molecule has 0 amide bonds. The molecule has 0 aliphatic carbocycles. The van der Waals surface area contributed by atoms with Gasteiger partial charge < -0.3 is 0 Å². The van der Waals surface area contributed by atoms with E-state index in [1.807, 2.05) is 13.8 Å². The maximum atomic E-state index is 9.05. The van der Waals surface area contributed by atoms with Crippen LogP contribution >= 0.6 is 11.6 Å². The molecule has 3 nitrogen and oxygen atoms in total. The molecule has 2 rings (SSSR count). The summed E-state index contributed by atoms with van der Waals surface area (Å²) >= 11 is 6.23. The van der Waals surface area contributed by atoms with Crippen molar-refractivity contribution >= 4 is 11.6 Å². The molecule has 0 radical (unpaired) electrons. The highest BCUT2D eigenvalue weighted by molar-refractivity contribution is 6.31. The quantitative estimate of drug-likeness (QED) is 0.785. The Morgan fingerprint density at radius 1 is 1.17 bits per heavy atom. The van der Waals surface area contributed by atoms with E-state index < -0.39 is 0 Å². The molecule has 0 unspecified atom stereocenters. The van der Waals surface area contributed by atoms with E-state index in [-0.39, 0.29) is 0 Å². The largest absolute Gasteiger partial charge is 0.220 e. The number of aryl methyl sites for hydroxylation is 4. The standard InChI is InChI=1S/C14H14ClN3/c1-8-5-9(2)13(10(3)6-8)18-14(15)12(7-16)11(4)17-18/h5-6H,1-4H3. The molecular formula is C14H14ClN3. The first-order valence-electron chi connectivity index (χ1n) is 5.69. The van der Waals surface area contributed by atoms with Crippen LogP contribution in [-0.2, 0) is 0 Å². The Balaban J connectivity index is 2.75. The Kier molecular flexibility index (Phi) is 3.14. The zero-order valence-electron chi connectivity index (χ0n) is 10.9. The summed E-state index contributed by atoms with van der Waals surface area (Å²) < 4.78 is 1.65. The van der Waals surface area contributed by atoms with E-state index in [9.17, 15) is 0 Å². The minimum Gasteiger partial charge on any atom is -0.220 e. The first kappa shape index (κ1) is 12.7. The molecule has 18 heavy (non-hydrogen) atoms. The van der Waals surface area contributed by atoms with Gasteiger partial charge in [0, 0.05) is 0 Å². The van der Waals surface area contributed by atoms with Crippen LogP contribution in [0.4, 0.5) is 0 Å². The average molecular weight is 260 g/mol. The summed E-state index contributed by atoms with van der Waals surface area (Å²) in [6.45, 7) is 7.89. The van der Waals surface area contributed by atoms with Gasteiger partial charge >= 0.3 is 0 Å². The third-order valence-corrected chi connectivity index (χ3v) is 3.31. The molecule has 4 heteroatoms. The van der Waals surface area contributed by atoms with Crippen LogP contribution < -0.4 is 0 Å². The Morgan fingerprint density at radius 2 is 1.72 bits per heavy atom. The fraction of sp³-hybridized carbons (Fsp3) is 0.286. The van der Waals surface area contributed by atoms with Crippen LogP contribution in [0.1, 0.15) is 27.9 Å². The van der Waals surface area contributed by atoms with Crippen LogP contribution in [0, 0.1) is 39.0 Å². The van der Waals surface area contributed by atoms with Crippen molar-refractivity contribution in [1.82, 2.24) is 9.78 Å². The predicted molar refractivity (Wildman–Crippen MR) is 72.2 cm³/mol. The number of nitrogens with zero attached hydrogens (tertiary/aromatic N) is 3. The lowest BCUT2D eigenvalue weighted by atomic mass is 10.1. The van der Waals surface area contributed by atoms with Crippen molar-refractivity contribution in [2.45, 2.75) is 27.7 Å². The van der Waals surface area contributed by atoms with Gasteiger partial charge in [0.15, 0.2) is 5.15 Å². The van der Waals surface area contributed by atoms with Crippen molar-refractivity contribution in [3.05, 3.63) is 45.2 Å². The molecule has 0 fully saturated rings. The minimum absolute atomic E-state index is 0.380. The molecule has 1 aromatic carbocycles. The Labute approximate surface area is 112 Å². The van der Waals surface area contributed by atoms with E-state index in [2.05, 4.69) is 30.2 Å². The van der Waals surface area contributed by atoms with E-state index in [4.69, 9.17) is 16.9 Å². The summed E-state index contributed by atoms with van der Waals surface area (Å²) in [6.07, 6.45) is 0. The predicted octanol–water partition coefficient (Wildman–Crippen LogP) is 3.63. The van der Waals surface area contributed by atoms with Crippen LogP contribution in [0.3, 0.4) is 0 Å². The monoisotopic (exact) mass is 259 g/mol. The van der Waals surface area contributed by atoms with Gasteiger partial charge in [-0.25, -0.2) is 4.68 Å². The number of rotatable bonds is 1. The molecular weight excluding hydrogens is 246 g/mol. The molecule has 0 saturated heterocycles. The molecule has 0 bridgehead atoms. The van der Waals surface area contributed by atoms with Crippen molar-refractivity contribution < 1.29 is 0 Å². The lowest BCUT2D eigenvalue weighted by Gasteiger charge is -2.12. The molecule has 1 aromatic heterocycles. The Morgan fingerprint density at radius 3 is 2.17 bits per heavy atom. The third kappa shape index (κ3) is 1.89. The van der Waals surface area contributed by atoms with Gasteiger partial charge in [0.25, 0.3) is 0 Å². The average Bonchev–Trinajstić information content (AvgIpc) is 2.53. The molecule has 0 saturated carbocycles. The highest BCUT2D eigenvalue weighted by Gasteiger charge is 2.17. The molecule has 0 spiro atoms. The molecule has 0 aliphatic heterocycles. The number of aromatic nitrogens is 2. The molecule has 0 atom stereocenters. The number of benzene rings is 1. The summed E-state index contributed by atoms with van der Waals surface area (Å²) in [5.41, 5.74) is 5.45. The highest BCUT2D eigenvalue weighted by atomic mass is 35.5. The van der Waals surface area contributed by atoms with E-state index in [1.165, 1.54) is 5.56 Å². The van der Waals surface area contributed by atoms with Crippen molar-refractivity contribution in [2.24, 2.45) is 0 Å². The van der Waals surface area contributed by atoms with Gasteiger partial charge in [-0.15, -0.1) is 0 Å². The third-order valence-electron chi connectivity index (χ3n) is 2.96. The molecule has 92 valence electrons. The van der Waals surface area contributed by atoms with Gasteiger partial charge in [-0.05, 0) is 38.8 Å². The van der Waals surface area contributed by atoms with Crippen LogP contribution in [0.25, 0.3) is 5.69 Å². The summed E-state index contributed by atoms with van der Waals surface area (Å²) in [5, 5.41) is 13.8. The normalized spacial score (nSPS) is 10.4. The second kappa shape index (κ2) is 4.47. The van der Waals surface area contributed by atoms with Gasteiger partial charge in [0.2, 0.25) is 0 Å². The van der Waals surface area contributed by atoms with Crippen LogP contribution in [0.15, 0.2) is 12.1 Å². The number of halogens is 1. The van der Waals surface area contributed by atoms with Gasteiger partial charge in [0.1, 0.15) is 11.6 Å². The summed E-state index contributed by atoms with van der Waals surface area (Å²) in [7, 11) is 0. The van der Waals surface area contributed by atoms with E-state index in [0.29, 0.717) is 16.4 Å². The molecule has 0 aliphatic rings. The summed E-state index contributed by atoms with van der Waals surface area (Å²) in [5.74, 6) is 0. The fourth-order valence-electron chi connectivity index (χ4n) is 2.28. The van der Waals surface area contributed by atoms with Crippen molar-refractivity contribution in [1.29, 1.82) is 5.26 Å². The number of hydrogen-bond acceptors (Lipinski definition) is 2. The van der Waals surface area contributed by atoms with Crippen molar-refractivity contribution in [3.63, 3.8) is 0 Å². The first-order chi connectivity index (χ1) is 8.45. The SMILES string of the molecule is Cc1cc(C)c(-n2nc(C)c(C#N)c2Cl)c(C)c1. The Hall–Kier alpha value is -1.79. The van der Waals surface area contributed by atoms with Crippen molar-refractivity contribution in [2.75, 3.05) is 0 Å². The zero-order chi connectivity index (χ0) is 13.4. The fourth-order valence-corrected chi connectivity index (χ4v) is 2.58. The van der Waals surface area contributed by atoms with Crippen LogP contribution in [0.5, 0.6) is 0 Å². The van der Waals surface area contributed by atoms with Gasteiger partial charge in [-0.3, -0.25) is 0 Å². The maximum Gasteiger partial charge on any atom is 0.150 e. The second-order valence-electron chi connectivity index (χ2n) is 4.52. The summed E-state index contributed by atoms with van der Waals surface area (Å²) in [4.78, 5) is 0. The summed E-state index contributed by atoms with van der Waals surface area (Å²) in [6, 6.07) is 6.26. The number of nitriles is 1. The highest BCUT2D eigenvalue weighted by Crippen LogP contribution is 2.27. The van der Waals surface area contributed by atoms with Gasteiger partial charge in [-0.1, -0.05) is 29.3 Å². The maximum absolute atomic E-state index is 9.05. The lowest BCUT2D eigenvalue weighted by molar-refractivity contribution is 0.848. The molecule has 0 N–H and O–H groups in total. The molecule has 2 aromatic rings. The van der Waals surface area contributed by atoms with E-state index in [0.717, 1.165) is 16.8 Å². The van der Waals surface area contributed by atoms with Crippen molar-refractivity contribution in [3.8, 4) is 11.8 Å². The van der Waals surface area contributed by atoms with Gasteiger partial charge in [-0.2, -0.15) is 10.4 Å². The lowest BCUT2D eigenvalue weighted by Crippen LogP contribution is -2.03. The second-order valence-corrected chi connectivity index (χ2v) is 4.88. The number of hydrogen-bond donors (Lipinski definition) is 0. The first-order valence-corrected chi connectivity index (χ1v) is 6.07. The molecule has 1 heterocycles. The zero-order valence-corrected chi connectivity index (χ0v) is 11.6. The minimum atomic E-state index is 0.380. The van der Waals surface area contributed by atoms with E-state index in [1.54, 1.807) is 11.6 Å². The smallest absolute Gasteiger partial charge is 0.150 e.